The van der Waals surface area contributed by atoms with E-state index in [2.05, 4.69) is 15.2 Å². The number of anilines is 2. The normalized spacial score (nSPS) is 12.1. The predicted molar refractivity (Wildman–Crippen MR) is 113 cm³/mol. The molecule has 4 aromatic rings. The first kappa shape index (κ1) is 23.4. The van der Waals surface area contributed by atoms with Gasteiger partial charge in [0.1, 0.15) is 23.8 Å². The molecule has 32 heavy (non-hydrogen) atoms. The van der Waals surface area contributed by atoms with Gasteiger partial charge >= 0.3 is 6.18 Å². The number of halogens is 5. The van der Waals surface area contributed by atoms with Crippen molar-refractivity contribution in [1.29, 1.82) is 0 Å². The fraction of sp³-hybridized carbons (Fsp3) is 0.318. The van der Waals surface area contributed by atoms with Crippen molar-refractivity contribution in [3.8, 4) is 0 Å². The van der Waals surface area contributed by atoms with Crippen LogP contribution < -0.4 is 4.90 Å². The van der Waals surface area contributed by atoms with Gasteiger partial charge in [0, 0.05) is 18.1 Å². The number of hydrogen-bond acceptors (Lipinski definition) is 4. The van der Waals surface area contributed by atoms with Gasteiger partial charge in [0.2, 0.25) is 0 Å². The minimum absolute atomic E-state index is 0.337. The van der Waals surface area contributed by atoms with Crippen LogP contribution in [0.25, 0.3) is 16.7 Å². The average Bonchev–Trinajstić information content (AvgIpc) is 3.13. The molecular weight excluding hydrogens is 429 g/mol. The Morgan fingerprint density at radius 3 is 2.19 bits per heavy atom. The Balaban J connectivity index is 0.000000312. The van der Waals surface area contributed by atoms with Crippen LogP contribution in [0.3, 0.4) is 0 Å². The SMILES string of the molecule is CC(C)(C)C(F)(F)F.Cc1cc(F)cc(N(C)c2nc3nncn3c3ccc(F)cc23)c1. The second kappa shape index (κ2) is 8.33. The van der Waals surface area contributed by atoms with Crippen molar-refractivity contribution in [2.24, 2.45) is 5.41 Å². The standard InChI is InChI=1S/C17H13F2N5.C5H9F3/c1-10-5-12(19)7-13(6-10)23(2)16-14-8-11(18)3-4-15(14)24-9-20-22-17(24)21-16;1-4(2,3)5(6,7)8/h3-9H,1-2H3;1-3H3. The van der Waals surface area contributed by atoms with E-state index in [1.807, 2.05) is 13.0 Å². The van der Waals surface area contributed by atoms with E-state index in [0.29, 0.717) is 22.7 Å². The lowest BCUT2D eigenvalue weighted by Crippen LogP contribution is -2.28. The van der Waals surface area contributed by atoms with Gasteiger partial charge in [-0.05, 0) is 48.9 Å². The third-order valence-corrected chi connectivity index (χ3v) is 4.78. The smallest absolute Gasteiger partial charge is 0.329 e. The zero-order valence-electron chi connectivity index (χ0n) is 18.2. The molecule has 0 aliphatic rings. The van der Waals surface area contributed by atoms with Gasteiger partial charge in [0.25, 0.3) is 5.78 Å². The third kappa shape index (κ3) is 4.79. The molecule has 4 rings (SSSR count). The topological polar surface area (TPSA) is 46.3 Å². The lowest BCUT2D eigenvalue weighted by atomic mass is 9.96. The van der Waals surface area contributed by atoms with Crippen LogP contribution in [0.2, 0.25) is 0 Å². The molecule has 10 heteroatoms. The lowest BCUT2D eigenvalue weighted by Gasteiger charge is -2.21. The van der Waals surface area contributed by atoms with Gasteiger partial charge in [-0.15, -0.1) is 10.2 Å². The zero-order chi connectivity index (χ0) is 23.8. The number of alkyl halides is 3. The summed E-state index contributed by atoms with van der Waals surface area (Å²) in [6, 6.07) is 9.12. The van der Waals surface area contributed by atoms with E-state index in [1.165, 1.54) is 30.6 Å². The molecule has 2 heterocycles. The van der Waals surface area contributed by atoms with Crippen molar-refractivity contribution in [2.75, 3.05) is 11.9 Å². The molecule has 0 saturated heterocycles. The second-order valence-electron chi connectivity index (χ2n) is 8.39. The van der Waals surface area contributed by atoms with Crippen LogP contribution in [0.4, 0.5) is 33.5 Å². The van der Waals surface area contributed by atoms with Crippen molar-refractivity contribution >= 4 is 28.2 Å². The highest BCUT2D eigenvalue weighted by molar-refractivity contribution is 5.93. The molecule has 170 valence electrons. The molecule has 5 nitrogen and oxygen atoms in total. The molecule has 2 aromatic carbocycles. The van der Waals surface area contributed by atoms with Crippen LogP contribution in [0.1, 0.15) is 26.3 Å². The summed E-state index contributed by atoms with van der Waals surface area (Å²) in [6.45, 7) is 5.25. The molecule has 0 aliphatic carbocycles. The minimum Gasteiger partial charge on any atom is -0.329 e. The third-order valence-electron chi connectivity index (χ3n) is 4.78. The monoisotopic (exact) mass is 451 g/mol. The first-order valence-corrected chi connectivity index (χ1v) is 9.64. The minimum atomic E-state index is -4.06. The Hall–Kier alpha value is -3.30. The quantitative estimate of drug-likeness (QED) is 0.339. The number of nitrogens with zero attached hydrogens (tertiary/aromatic N) is 5. The van der Waals surface area contributed by atoms with Gasteiger partial charge in [0.05, 0.1) is 10.9 Å². The summed E-state index contributed by atoms with van der Waals surface area (Å²) in [4.78, 5) is 6.18. The fourth-order valence-corrected chi connectivity index (χ4v) is 2.82. The Morgan fingerprint density at radius 2 is 1.59 bits per heavy atom. The molecule has 2 aromatic heterocycles. The van der Waals surface area contributed by atoms with Gasteiger partial charge in [-0.3, -0.25) is 4.40 Å². The van der Waals surface area contributed by atoms with Crippen molar-refractivity contribution < 1.29 is 22.0 Å². The molecule has 0 N–H and O–H groups in total. The molecule has 0 fully saturated rings. The van der Waals surface area contributed by atoms with Gasteiger partial charge in [-0.2, -0.15) is 18.2 Å². The van der Waals surface area contributed by atoms with E-state index >= 15 is 0 Å². The van der Waals surface area contributed by atoms with Crippen molar-refractivity contribution in [3.63, 3.8) is 0 Å². The Morgan fingerprint density at radius 1 is 0.938 bits per heavy atom. The van der Waals surface area contributed by atoms with Gasteiger partial charge < -0.3 is 4.90 Å². The summed E-state index contributed by atoms with van der Waals surface area (Å²) in [5.41, 5.74) is 0.569. The van der Waals surface area contributed by atoms with Crippen LogP contribution >= 0.6 is 0 Å². The Bertz CT molecular complexity index is 1230. The molecule has 0 amide bonds. The van der Waals surface area contributed by atoms with Crippen molar-refractivity contribution in [1.82, 2.24) is 19.6 Å². The maximum absolute atomic E-state index is 13.8. The van der Waals surface area contributed by atoms with E-state index in [1.54, 1.807) is 22.4 Å². The molecule has 0 saturated carbocycles. The second-order valence-corrected chi connectivity index (χ2v) is 8.39. The molecule has 0 atom stereocenters. The zero-order valence-corrected chi connectivity index (χ0v) is 18.2. The van der Waals surface area contributed by atoms with Crippen LogP contribution in [0.5, 0.6) is 0 Å². The fourth-order valence-electron chi connectivity index (χ4n) is 2.82. The van der Waals surface area contributed by atoms with E-state index in [-0.39, 0.29) is 11.6 Å². The van der Waals surface area contributed by atoms with Crippen LogP contribution in [0, 0.1) is 24.0 Å². The van der Waals surface area contributed by atoms with E-state index < -0.39 is 11.6 Å². The average molecular weight is 451 g/mol. The molecular formula is C22H22F5N5. The van der Waals surface area contributed by atoms with Gasteiger partial charge in [-0.1, -0.05) is 20.8 Å². The molecule has 0 radical (unpaired) electrons. The lowest BCUT2D eigenvalue weighted by molar-refractivity contribution is -0.204. The summed E-state index contributed by atoms with van der Waals surface area (Å²) in [6.07, 6.45) is -2.54. The molecule has 0 unspecified atom stereocenters. The van der Waals surface area contributed by atoms with Crippen molar-refractivity contribution in [3.05, 3.63) is 59.9 Å². The van der Waals surface area contributed by atoms with Crippen LogP contribution in [0.15, 0.2) is 42.7 Å². The predicted octanol–water partition coefficient (Wildman–Crippen LogP) is 6.23. The summed E-state index contributed by atoms with van der Waals surface area (Å²) in [5, 5.41) is 8.41. The Kier molecular flexibility index (Phi) is 6.08. The number of rotatable bonds is 2. The van der Waals surface area contributed by atoms with Gasteiger partial charge in [0.15, 0.2) is 0 Å². The molecule has 0 aliphatic heterocycles. The number of aryl methyl sites for hydroxylation is 1. The Labute approximate surface area is 181 Å². The van der Waals surface area contributed by atoms with Gasteiger partial charge in [-0.25, -0.2) is 8.78 Å². The van der Waals surface area contributed by atoms with Crippen molar-refractivity contribution in [2.45, 2.75) is 33.9 Å². The van der Waals surface area contributed by atoms with Crippen LogP contribution in [-0.4, -0.2) is 32.8 Å². The number of aromatic nitrogens is 4. The number of fused-ring (bicyclic) bond motifs is 3. The van der Waals surface area contributed by atoms with E-state index in [9.17, 15) is 22.0 Å². The summed E-state index contributed by atoms with van der Waals surface area (Å²) < 4.78 is 63.9. The highest BCUT2D eigenvalue weighted by atomic mass is 19.4. The summed E-state index contributed by atoms with van der Waals surface area (Å²) >= 11 is 0. The molecule has 0 spiro atoms. The molecule has 0 bridgehead atoms. The largest absolute Gasteiger partial charge is 0.393 e. The summed E-state index contributed by atoms with van der Waals surface area (Å²) in [7, 11) is 1.76. The highest BCUT2D eigenvalue weighted by Gasteiger charge is 2.42. The number of hydrogen-bond donors (Lipinski definition) is 0. The summed E-state index contributed by atoms with van der Waals surface area (Å²) in [5.74, 6) is 0.164. The maximum atomic E-state index is 13.8. The van der Waals surface area contributed by atoms with E-state index in [4.69, 9.17) is 0 Å². The first-order chi connectivity index (χ1) is 14.8. The first-order valence-electron chi connectivity index (χ1n) is 9.64. The van der Waals surface area contributed by atoms with Crippen LogP contribution in [-0.2, 0) is 0 Å². The number of benzene rings is 2. The highest BCUT2D eigenvalue weighted by Crippen LogP contribution is 2.36. The maximum Gasteiger partial charge on any atom is 0.393 e. The van der Waals surface area contributed by atoms with E-state index in [0.717, 1.165) is 31.9 Å².